The van der Waals surface area contributed by atoms with Crippen LogP contribution in [0, 0.1) is 5.82 Å². The van der Waals surface area contributed by atoms with E-state index in [1.807, 2.05) is 6.07 Å². The average Bonchev–Trinajstić information content (AvgIpc) is 2.69. The summed E-state index contributed by atoms with van der Waals surface area (Å²) < 4.78 is 51.3. The SMILES string of the molecule is CC(OC(=O)c1cc(S(=O)(=O)N2CCOCC2)ccc1F)c1ccccc1. The Bertz CT molecular complexity index is 911. The highest BCUT2D eigenvalue weighted by Crippen LogP contribution is 2.23. The van der Waals surface area contributed by atoms with Gasteiger partial charge in [-0.05, 0) is 30.7 Å². The van der Waals surface area contributed by atoms with Crippen LogP contribution in [0.15, 0.2) is 53.4 Å². The Labute approximate surface area is 157 Å². The topological polar surface area (TPSA) is 72.9 Å². The van der Waals surface area contributed by atoms with Crippen LogP contribution < -0.4 is 0 Å². The van der Waals surface area contributed by atoms with Crippen LogP contribution in [-0.2, 0) is 19.5 Å². The molecule has 0 bridgehead atoms. The summed E-state index contributed by atoms with van der Waals surface area (Å²) in [6.07, 6.45) is -0.599. The predicted octanol–water partition coefficient (Wildman–Crippen LogP) is 2.76. The highest BCUT2D eigenvalue weighted by atomic mass is 32.2. The number of halogens is 1. The molecule has 2 aromatic rings. The molecule has 144 valence electrons. The van der Waals surface area contributed by atoms with Gasteiger partial charge < -0.3 is 9.47 Å². The van der Waals surface area contributed by atoms with E-state index >= 15 is 0 Å². The van der Waals surface area contributed by atoms with Gasteiger partial charge in [-0.3, -0.25) is 0 Å². The van der Waals surface area contributed by atoms with Crippen molar-refractivity contribution in [3.8, 4) is 0 Å². The molecular formula is C19H20FNO5S. The standard InChI is InChI=1S/C19H20FNO5S/c1-14(15-5-3-2-4-6-15)26-19(22)17-13-16(7-8-18(17)20)27(23,24)21-9-11-25-12-10-21/h2-8,13-14H,9-12H2,1H3. The van der Waals surface area contributed by atoms with Crippen LogP contribution >= 0.6 is 0 Å². The number of esters is 1. The zero-order valence-corrected chi connectivity index (χ0v) is 15.6. The van der Waals surface area contributed by atoms with Gasteiger partial charge in [-0.1, -0.05) is 30.3 Å². The first-order chi connectivity index (χ1) is 12.9. The normalized spacial score (nSPS) is 16.7. The lowest BCUT2D eigenvalue weighted by Crippen LogP contribution is -2.40. The van der Waals surface area contributed by atoms with Gasteiger partial charge >= 0.3 is 5.97 Å². The lowest BCUT2D eigenvalue weighted by molar-refractivity contribution is 0.0332. The summed E-state index contributed by atoms with van der Waals surface area (Å²) in [5.74, 6) is -1.75. The van der Waals surface area contributed by atoms with E-state index in [9.17, 15) is 17.6 Å². The molecule has 1 fully saturated rings. The van der Waals surface area contributed by atoms with E-state index in [2.05, 4.69) is 0 Å². The maximum Gasteiger partial charge on any atom is 0.341 e. The van der Waals surface area contributed by atoms with E-state index in [1.165, 1.54) is 4.31 Å². The van der Waals surface area contributed by atoms with Crippen molar-refractivity contribution in [1.29, 1.82) is 0 Å². The fourth-order valence-electron chi connectivity index (χ4n) is 2.77. The number of hydrogen-bond acceptors (Lipinski definition) is 5. The van der Waals surface area contributed by atoms with Gasteiger partial charge in [-0.15, -0.1) is 0 Å². The van der Waals surface area contributed by atoms with Gasteiger partial charge in [0.25, 0.3) is 0 Å². The van der Waals surface area contributed by atoms with Gasteiger partial charge in [-0.25, -0.2) is 17.6 Å². The lowest BCUT2D eigenvalue weighted by Gasteiger charge is -2.26. The number of nitrogens with zero attached hydrogens (tertiary/aromatic N) is 1. The van der Waals surface area contributed by atoms with Crippen LogP contribution in [0.5, 0.6) is 0 Å². The maximum absolute atomic E-state index is 14.2. The molecule has 6 nitrogen and oxygen atoms in total. The monoisotopic (exact) mass is 393 g/mol. The summed E-state index contributed by atoms with van der Waals surface area (Å²) in [7, 11) is -3.84. The summed E-state index contributed by atoms with van der Waals surface area (Å²) in [5.41, 5.74) is 0.343. The highest BCUT2D eigenvalue weighted by Gasteiger charge is 2.28. The molecule has 2 aromatic carbocycles. The molecular weight excluding hydrogens is 373 g/mol. The number of morpholine rings is 1. The van der Waals surface area contributed by atoms with Crippen LogP contribution in [-0.4, -0.2) is 45.0 Å². The Morgan fingerprint density at radius 2 is 1.81 bits per heavy atom. The molecule has 0 saturated carbocycles. The summed E-state index contributed by atoms with van der Waals surface area (Å²) >= 11 is 0. The third-order valence-corrected chi connectivity index (χ3v) is 6.21. The Hall–Kier alpha value is -2.29. The number of carbonyl (C=O) groups excluding carboxylic acids is 1. The van der Waals surface area contributed by atoms with Crippen molar-refractivity contribution < 1.29 is 27.1 Å². The first-order valence-corrected chi connectivity index (χ1v) is 9.97. The number of ether oxygens (including phenoxy) is 2. The van der Waals surface area contributed by atoms with Crippen LogP contribution in [0.1, 0.15) is 28.9 Å². The van der Waals surface area contributed by atoms with Crippen LogP contribution in [0.3, 0.4) is 0 Å². The molecule has 0 N–H and O–H groups in total. The van der Waals surface area contributed by atoms with Crippen LogP contribution in [0.2, 0.25) is 0 Å². The first kappa shape index (κ1) is 19.5. The van der Waals surface area contributed by atoms with Crippen molar-refractivity contribution >= 4 is 16.0 Å². The van der Waals surface area contributed by atoms with Crippen molar-refractivity contribution in [2.45, 2.75) is 17.9 Å². The Morgan fingerprint density at radius 1 is 1.15 bits per heavy atom. The molecule has 1 unspecified atom stereocenters. The van der Waals surface area contributed by atoms with E-state index in [1.54, 1.807) is 31.2 Å². The van der Waals surface area contributed by atoms with Gasteiger partial charge in [-0.2, -0.15) is 4.31 Å². The van der Waals surface area contributed by atoms with Gasteiger partial charge in [0.1, 0.15) is 11.9 Å². The Morgan fingerprint density at radius 3 is 2.48 bits per heavy atom. The van der Waals surface area contributed by atoms with Gasteiger partial charge in [0.05, 0.1) is 23.7 Å². The van der Waals surface area contributed by atoms with Crippen LogP contribution in [0.25, 0.3) is 0 Å². The number of hydrogen-bond donors (Lipinski definition) is 0. The second-order valence-electron chi connectivity index (χ2n) is 6.12. The number of benzene rings is 2. The minimum absolute atomic E-state index is 0.148. The molecule has 1 aliphatic rings. The zero-order valence-electron chi connectivity index (χ0n) is 14.8. The smallest absolute Gasteiger partial charge is 0.341 e. The minimum atomic E-state index is -3.84. The first-order valence-electron chi connectivity index (χ1n) is 8.53. The molecule has 1 heterocycles. The Balaban J connectivity index is 1.83. The predicted molar refractivity (Wildman–Crippen MR) is 96.3 cm³/mol. The number of rotatable bonds is 5. The third kappa shape index (κ3) is 4.35. The van der Waals surface area contributed by atoms with E-state index in [0.717, 1.165) is 23.8 Å². The van der Waals surface area contributed by atoms with Crippen molar-refractivity contribution in [3.05, 3.63) is 65.5 Å². The molecule has 1 aliphatic heterocycles. The van der Waals surface area contributed by atoms with Gasteiger partial charge in [0, 0.05) is 13.1 Å². The highest BCUT2D eigenvalue weighted by molar-refractivity contribution is 7.89. The fourth-order valence-corrected chi connectivity index (χ4v) is 4.21. The Kier molecular flexibility index (Phi) is 5.88. The molecule has 3 rings (SSSR count). The minimum Gasteiger partial charge on any atom is -0.454 e. The molecule has 1 saturated heterocycles. The summed E-state index contributed by atoms with van der Waals surface area (Å²) in [5, 5.41) is 0. The summed E-state index contributed by atoms with van der Waals surface area (Å²) in [6.45, 7) is 2.68. The van der Waals surface area contributed by atoms with E-state index < -0.39 is 33.5 Å². The maximum atomic E-state index is 14.2. The van der Waals surface area contributed by atoms with Gasteiger partial charge in [0.15, 0.2) is 0 Å². The molecule has 0 spiro atoms. The molecule has 8 heteroatoms. The zero-order chi connectivity index (χ0) is 19.4. The molecule has 0 radical (unpaired) electrons. The molecule has 27 heavy (non-hydrogen) atoms. The fraction of sp³-hybridized carbons (Fsp3) is 0.316. The molecule has 0 aliphatic carbocycles. The lowest BCUT2D eigenvalue weighted by atomic mass is 10.1. The van der Waals surface area contributed by atoms with E-state index in [4.69, 9.17) is 9.47 Å². The molecule has 0 aromatic heterocycles. The number of carbonyl (C=O) groups is 1. The third-order valence-electron chi connectivity index (χ3n) is 4.32. The quantitative estimate of drug-likeness (QED) is 0.731. The molecule has 0 amide bonds. The van der Waals surface area contributed by atoms with Crippen molar-refractivity contribution in [2.24, 2.45) is 0 Å². The second kappa shape index (κ2) is 8.16. The average molecular weight is 393 g/mol. The molecule has 1 atom stereocenters. The van der Waals surface area contributed by atoms with Crippen molar-refractivity contribution in [1.82, 2.24) is 4.31 Å². The summed E-state index contributed by atoms with van der Waals surface area (Å²) in [6, 6.07) is 12.2. The van der Waals surface area contributed by atoms with E-state index in [0.29, 0.717) is 13.2 Å². The summed E-state index contributed by atoms with van der Waals surface area (Å²) in [4.78, 5) is 12.3. The van der Waals surface area contributed by atoms with Crippen molar-refractivity contribution in [3.63, 3.8) is 0 Å². The van der Waals surface area contributed by atoms with Crippen molar-refractivity contribution in [2.75, 3.05) is 26.3 Å². The van der Waals surface area contributed by atoms with Gasteiger partial charge in [0.2, 0.25) is 10.0 Å². The largest absolute Gasteiger partial charge is 0.454 e. The van der Waals surface area contributed by atoms with E-state index in [-0.39, 0.29) is 18.0 Å². The van der Waals surface area contributed by atoms with Crippen LogP contribution in [0.4, 0.5) is 4.39 Å². The second-order valence-corrected chi connectivity index (χ2v) is 8.05. The number of sulfonamides is 1.